The predicted molar refractivity (Wildman–Crippen MR) is 85.7 cm³/mol. The second kappa shape index (κ2) is 6.95. The number of nitrogens with zero attached hydrogens (tertiary/aromatic N) is 2. The number of para-hydroxylation sites is 1. The molecule has 3 aromatic rings. The fraction of sp³-hybridized carbons (Fsp3) is 0.167. The van der Waals surface area contributed by atoms with Gasteiger partial charge in [0.2, 0.25) is 5.76 Å². The van der Waals surface area contributed by atoms with Crippen LogP contribution >= 0.6 is 0 Å². The number of aryl methyl sites for hydroxylation is 1. The first-order chi connectivity index (χ1) is 11.7. The van der Waals surface area contributed by atoms with Gasteiger partial charge >= 0.3 is 5.97 Å². The number of methoxy groups -OCH3 is 1. The van der Waals surface area contributed by atoms with Crippen LogP contribution in [-0.2, 0) is 4.74 Å². The van der Waals surface area contributed by atoms with E-state index in [2.05, 4.69) is 9.97 Å². The van der Waals surface area contributed by atoms with Gasteiger partial charge in [0, 0.05) is 18.0 Å². The third-order valence-corrected chi connectivity index (χ3v) is 3.44. The summed E-state index contributed by atoms with van der Waals surface area (Å²) in [5.74, 6) is 1.25. The Hall–Kier alpha value is -3.15. The third-order valence-electron chi connectivity index (χ3n) is 3.44. The molecule has 0 aliphatic carbocycles. The first-order valence-corrected chi connectivity index (χ1v) is 7.36. The lowest BCUT2D eigenvalue weighted by atomic mass is 10.1. The Labute approximate surface area is 139 Å². The molecule has 1 unspecified atom stereocenters. The lowest BCUT2D eigenvalue weighted by molar-refractivity contribution is 0.0563. The number of ether oxygens (including phenoxy) is 2. The van der Waals surface area contributed by atoms with Gasteiger partial charge in [-0.15, -0.1) is 0 Å². The van der Waals surface area contributed by atoms with Crippen LogP contribution in [0.1, 0.15) is 33.8 Å². The molecule has 0 aliphatic heterocycles. The van der Waals surface area contributed by atoms with Crippen LogP contribution in [0.15, 0.2) is 59.3 Å². The average molecular weight is 324 g/mol. The maximum Gasteiger partial charge on any atom is 0.373 e. The summed E-state index contributed by atoms with van der Waals surface area (Å²) in [6.45, 7) is 1.76. The van der Waals surface area contributed by atoms with Gasteiger partial charge in [-0.05, 0) is 31.2 Å². The SMILES string of the molecule is COC(=O)c1cc(C(Oc2ccccc2)c2ncccn2)c(C)o1. The Balaban J connectivity index is 2.02. The summed E-state index contributed by atoms with van der Waals surface area (Å²) in [5.41, 5.74) is 0.672. The molecule has 0 N–H and O–H groups in total. The van der Waals surface area contributed by atoms with Crippen molar-refractivity contribution in [1.82, 2.24) is 9.97 Å². The molecule has 0 aliphatic rings. The van der Waals surface area contributed by atoms with Crippen molar-refractivity contribution < 1.29 is 18.7 Å². The summed E-state index contributed by atoms with van der Waals surface area (Å²) >= 11 is 0. The standard InChI is InChI=1S/C18H16N2O4/c1-12-14(11-15(23-12)18(21)22-2)16(17-19-9-6-10-20-17)24-13-7-4-3-5-8-13/h3-11,16H,1-2H3. The van der Waals surface area contributed by atoms with E-state index in [0.29, 0.717) is 22.9 Å². The van der Waals surface area contributed by atoms with Crippen molar-refractivity contribution in [3.8, 4) is 5.75 Å². The predicted octanol–water partition coefficient (Wildman–Crippen LogP) is 3.33. The van der Waals surface area contributed by atoms with Gasteiger partial charge in [0.15, 0.2) is 11.9 Å². The first kappa shape index (κ1) is 15.7. The third kappa shape index (κ3) is 3.27. The molecule has 3 rings (SSSR count). The normalized spacial score (nSPS) is 11.8. The number of carbonyl (C=O) groups excluding carboxylic acids is 1. The van der Waals surface area contributed by atoms with Crippen LogP contribution in [0.5, 0.6) is 5.75 Å². The first-order valence-electron chi connectivity index (χ1n) is 7.36. The Bertz CT molecular complexity index is 816. The lowest BCUT2D eigenvalue weighted by Gasteiger charge is -2.17. The van der Waals surface area contributed by atoms with E-state index in [9.17, 15) is 4.79 Å². The number of esters is 1. The smallest absolute Gasteiger partial charge is 0.373 e. The van der Waals surface area contributed by atoms with Gasteiger partial charge in [0.05, 0.1) is 7.11 Å². The summed E-state index contributed by atoms with van der Waals surface area (Å²) in [5, 5.41) is 0. The molecule has 1 aromatic carbocycles. The zero-order valence-electron chi connectivity index (χ0n) is 13.3. The van der Waals surface area contributed by atoms with Crippen LogP contribution in [0.25, 0.3) is 0 Å². The molecule has 0 saturated heterocycles. The fourth-order valence-corrected chi connectivity index (χ4v) is 2.29. The monoisotopic (exact) mass is 324 g/mol. The van der Waals surface area contributed by atoms with Crippen molar-refractivity contribution in [2.75, 3.05) is 7.11 Å². The molecule has 0 bridgehead atoms. The van der Waals surface area contributed by atoms with Crippen molar-refractivity contribution in [3.05, 3.63) is 77.8 Å². The number of hydrogen-bond donors (Lipinski definition) is 0. The summed E-state index contributed by atoms with van der Waals surface area (Å²) in [6, 6.07) is 12.7. The van der Waals surface area contributed by atoms with Crippen LogP contribution in [0.2, 0.25) is 0 Å². The van der Waals surface area contributed by atoms with Crippen LogP contribution in [0.3, 0.4) is 0 Å². The van der Waals surface area contributed by atoms with Crippen LogP contribution in [-0.4, -0.2) is 23.0 Å². The van der Waals surface area contributed by atoms with Crippen LogP contribution < -0.4 is 4.74 Å². The van der Waals surface area contributed by atoms with Crippen molar-refractivity contribution in [1.29, 1.82) is 0 Å². The summed E-state index contributed by atoms with van der Waals surface area (Å²) < 4.78 is 16.3. The lowest BCUT2D eigenvalue weighted by Crippen LogP contribution is -2.13. The van der Waals surface area contributed by atoms with E-state index in [-0.39, 0.29) is 5.76 Å². The molecule has 0 fully saturated rings. The highest BCUT2D eigenvalue weighted by Crippen LogP contribution is 2.30. The topological polar surface area (TPSA) is 74.5 Å². The molecule has 6 nitrogen and oxygen atoms in total. The second-order valence-electron chi connectivity index (χ2n) is 5.03. The van der Waals surface area contributed by atoms with E-state index in [1.165, 1.54) is 7.11 Å². The molecule has 1 atom stereocenters. The fourth-order valence-electron chi connectivity index (χ4n) is 2.29. The van der Waals surface area contributed by atoms with E-state index in [0.717, 1.165) is 0 Å². The maximum atomic E-state index is 11.7. The highest BCUT2D eigenvalue weighted by atomic mass is 16.5. The van der Waals surface area contributed by atoms with Crippen molar-refractivity contribution in [3.63, 3.8) is 0 Å². The van der Waals surface area contributed by atoms with Gasteiger partial charge in [-0.25, -0.2) is 14.8 Å². The number of hydrogen-bond acceptors (Lipinski definition) is 6. The number of furan rings is 1. The highest BCUT2D eigenvalue weighted by molar-refractivity contribution is 5.86. The molecule has 0 amide bonds. The van der Waals surface area contributed by atoms with Gasteiger partial charge in [0.1, 0.15) is 11.5 Å². The minimum absolute atomic E-state index is 0.114. The van der Waals surface area contributed by atoms with Crippen molar-refractivity contribution in [2.24, 2.45) is 0 Å². The highest BCUT2D eigenvalue weighted by Gasteiger charge is 2.26. The summed E-state index contributed by atoms with van der Waals surface area (Å²) in [6.07, 6.45) is 2.68. The Morgan fingerprint density at radius 2 is 1.83 bits per heavy atom. The molecular weight excluding hydrogens is 308 g/mol. The van der Waals surface area contributed by atoms with Gasteiger partial charge < -0.3 is 13.9 Å². The molecule has 24 heavy (non-hydrogen) atoms. The summed E-state index contributed by atoms with van der Waals surface area (Å²) in [4.78, 5) is 20.3. The van der Waals surface area contributed by atoms with Crippen molar-refractivity contribution in [2.45, 2.75) is 13.0 Å². The molecule has 2 aromatic heterocycles. The zero-order valence-corrected chi connectivity index (χ0v) is 13.3. The summed E-state index contributed by atoms with van der Waals surface area (Å²) in [7, 11) is 1.30. The van der Waals surface area contributed by atoms with E-state index >= 15 is 0 Å². The van der Waals surface area contributed by atoms with E-state index in [1.54, 1.807) is 31.5 Å². The Kier molecular flexibility index (Phi) is 4.56. The molecular formula is C18H16N2O4. The van der Waals surface area contributed by atoms with Gasteiger partial charge in [-0.1, -0.05) is 18.2 Å². The zero-order chi connectivity index (χ0) is 16.9. The van der Waals surface area contributed by atoms with Crippen LogP contribution in [0, 0.1) is 6.92 Å². The average Bonchev–Trinajstić information content (AvgIpc) is 3.02. The molecule has 0 spiro atoms. The number of benzene rings is 1. The minimum atomic E-state index is -0.601. The van der Waals surface area contributed by atoms with Gasteiger partial charge in [0.25, 0.3) is 0 Å². The largest absolute Gasteiger partial charge is 0.478 e. The van der Waals surface area contributed by atoms with E-state index in [1.807, 2.05) is 30.3 Å². The van der Waals surface area contributed by atoms with E-state index < -0.39 is 12.1 Å². The number of aromatic nitrogens is 2. The molecule has 0 radical (unpaired) electrons. The Morgan fingerprint density at radius 1 is 1.12 bits per heavy atom. The molecule has 6 heteroatoms. The quantitative estimate of drug-likeness (QED) is 0.670. The number of rotatable bonds is 5. The maximum absolute atomic E-state index is 11.7. The second-order valence-corrected chi connectivity index (χ2v) is 5.03. The van der Waals surface area contributed by atoms with E-state index in [4.69, 9.17) is 13.9 Å². The van der Waals surface area contributed by atoms with Crippen LogP contribution in [0.4, 0.5) is 0 Å². The molecule has 2 heterocycles. The molecule has 122 valence electrons. The van der Waals surface area contributed by atoms with Gasteiger partial charge in [-0.3, -0.25) is 0 Å². The minimum Gasteiger partial charge on any atom is -0.478 e. The number of carbonyl (C=O) groups is 1. The molecule has 0 saturated carbocycles. The Morgan fingerprint density at radius 3 is 2.50 bits per heavy atom. The van der Waals surface area contributed by atoms with Gasteiger partial charge in [-0.2, -0.15) is 0 Å². The van der Waals surface area contributed by atoms with Crippen molar-refractivity contribution >= 4 is 5.97 Å².